The van der Waals surface area contributed by atoms with Crippen molar-refractivity contribution >= 4 is 5.97 Å². The number of rotatable bonds is 8. The molecule has 0 atom stereocenters. The Bertz CT molecular complexity index is 238. The second kappa shape index (κ2) is 8.48. The van der Waals surface area contributed by atoms with Crippen molar-refractivity contribution in [2.75, 3.05) is 32.7 Å². The van der Waals surface area contributed by atoms with Gasteiger partial charge >= 0.3 is 5.97 Å². The zero-order valence-electron chi connectivity index (χ0n) is 11.9. The SMILES string of the molecule is CCCCCN1CCC(N(CC)CC(=O)O)CC1. The molecule has 1 heterocycles. The van der Waals surface area contributed by atoms with Gasteiger partial charge in [0.2, 0.25) is 0 Å². The first kappa shape index (κ1) is 15.4. The number of carboxylic acid groups (broad SMARTS) is 1. The van der Waals surface area contributed by atoms with Gasteiger partial charge in [0.1, 0.15) is 0 Å². The van der Waals surface area contributed by atoms with Gasteiger partial charge in [0, 0.05) is 6.04 Å². The van der Waals surface area contributed by atoms with Crippen LogP contribution in [0.15, 0.2) is 0 Å². The number of piperidine rings is 1. The van der Waals surface area contributed by atoms with Crippen molar-refractivity contribution in [3.63, 3.8) is 0 Å². The van der Waals surface area contributed by atoms with Crippen molar-refractivity contribution in [2.24, 2.45) is 0 Å². The normalized spacial score (nSPS) is 18.4. The predicted molar refractivity (Wildman–Crippen MR) is 73.9 cm³/mol. The Morgan fingerprint density at radius 1 is 1.28 bits per heavy atom. The fraction of sp³-hybridized carbons (Fsp3) is 0.929. The van der Waals surface area contributed by atoms with Crippen molar-refractivity contribution in [1.82, 2.24) is 9.80 Å². The largest absolute Gasteiger partial charge is 0.480 e. The van der Waals surface area contributed by atoms with E-state index in [0.29, 0.717) is 6.04 Å². The van der Waals surface area contributed by atoms with E-state index in [4.69, 9.17) is 5.11 Å². The van der Waals surface area contributed by atoms with Gasteiger partial charge in [0.05, 0.1) is 6.54 Å². The molecule has 1 N–H and O–H groups in total. The molecule has 4 nitrogen and oxygen atoms in total. The highest BCUT2D eigenvalue weighted by Crippen LogP contribution is 2.16. The summed E-state index contributed by atoms with van der Waals surface area (Å²) in [5.41, 5.74) is 0. The molecule has 1 saturated heterocycles. The van der Waals surface area contributed by atoms with E-state index >= 15 is 0 Å². The zero-order valence-corrected chi connectivity index (χ0v) is 11.9. The first-order valence-electron chi connectivity index (χ1n) is 7.35. The molecule has 1 aliphatic rings. The van der Waals surface area contributed by atoms with Crippen LogP contribution in [-0.4, -0.2) is 59.6 Å². The third kappa shape index (κ3) is 5.36. The molecular formula is C14H28N2O2. The van der Waals surface area contributed by atoms with E-state index in [2.05, 4.69) is 23.6 Å². The molecule has 0 saturated carbocycles. The van der Waals surface area contributed by atoms with E-state index in [1.807, 2.05) is 0 Å². The number of likely N-dealkylation sites (N-methyl/N-ethyl adjacent to an activating group) is 1. The molecule has 1 aliphatic heterocycles. The first-order chi connectivity index (χ1) is 8.67. The van der Waals surface area contributed by atoms with Gasteiger partial charge in [-0.15, -0.1) is 0 Å². The van der Waals surface area contributed by atoms with Crippen LogP contribution >= 0.6 is 0 Å². The highest BCUT2D eigenvalue weighted by atomic mass is 16.4. The summed E-state index contributed by atoms with van der Waals surface area (Å²) in [6.45, 7) is 8.79. The van der Waals surface area contributed by atoms with Crippen LogP contribution in [0.3, 0.4) is 0 Å². The summed E-state index contributed by atoms with van der Waals surface area (Å²) in [7, 11) is 0. The Labute approximate surface area is 111 Å². The standard InChI is InChI=1S/C14H28N2O2/c1-3-5-6-9-15-10-7-13(8-11-15)16(4-2)12-14(17)18/h13H,3-12H2,1-2H3,(H,17,18). The summed E-state index contributed by atoms with van der Waals surface area (Å²) in [4.78, 5) is 15.4. The van der Waals surface area contributed by atoms with Gasteiger partial charge in [0.15, 0.2) is 0 Å². The van der Waals surface area contributed by atoms with Gasteiger partial charge in [0.25, 0.3) is 0 Å². The number of aliphatic carboxylic acids is 1. The molecule has 0 radical (unpaired) electrons. The molecule has 106 valence electrons. The maximum absolute atomic E-state index is 10.8. The van der Waals surface area contributed by atoms with E-state index in [9.17, 15) is 4.79 Å². The Hall–Kier alpha value is -0.610. The number of hydrogen-bond donors (Lipinski definition) is 1. The highest BCUT2D eigenvalue weighted by Gasteiger charge is 2.24. The summed E-state index contributed by atoms with van der Waals surface area (Å²) >= 11 is 0. The minimum absolute atomic E-state index is 0.191. The van der Waals surface area contributed by atoms with Crippen LogP contribution in [-0.2, 0) is 4.79 Å². The number of unbranched alkanes of at least 4 members (excludes halogenated alkanes) is 2. The molecule has 0 aromatic rings. The summed E-state index contributed by atoms with van der Waals surface area (Å²) in [6, 6.07) is 0.466. The number of likely N-dealkylation sites (tertiary alicyclic amines) is 1. The van der Waals surface area contributed by atoms with Crippen LogP contribution in [0.4, 0.5) is 0 Å². The van der Waals surface area contributed by atoms with E-state index in [1.165, 1.54) is 25.8 Å². The summed E-state index contributed by atoms with van der Waals surface area (Å²) in [5, 5.41) is 8.89. The van der Waals surface area contributed by atoms with Gasteiger partial charge in [-0.2, -0.15) is 0 Å². The molecule has 0 aliphatic carbocycles. The van der Waals surface area contributed by atoms with Crippen LogP contribution in [0.5, 0.6) is 0 Å². The van der Waals surface area contributed by atoms with Crippen molar-refractivity contribution in [3.05, 3.63) is 0 Å². The lowest BCUT2D eigenvalue weighted by molar-refractivity contribution is -0.139. The molecule has 0 aromatic carbocycles. The molecule has 0 amide bonds. The fourth-order valence-electron chi connectivity index (χ4n) is 2.77. The Morgan fingerprint density at radius 2 is 1.94 bits per heavy atom. The van der Waals surface area contributed by atoms with Gasteiger partial charge in [-0.25, -0.2) is 0 Å². The van der Waals surface area contributed by atoms with Gasteiger partial charge in [-0.05, 0) is 45.4 Å². The molecular weight excluding hydrogens is 228 g/mol. The molecule has 0 bridgehead atoms. The summed E-state index contributed by atoms with van der Waals surface area (Å²) < 4.78 is 0. The van der Waals surface area contributed by atoms with Crippen molar-refractivity contribution in [1.29, 1.82) is 0 Å². The summed E-state index contributed by atoms with van der Waals surface area (Å²) in [5.74, 6) is -0.706. The number of carboxylic acids is 1. The number of nitrogens with zero attached hydrogens (tertiary/aromatic N) is 2. The lowest BCUT2D eigenvalue weighted by atomic mass is 10.0. The highest BCUT2D eigenvalue weighted by molar-refractivity contribution is 5.69. The quantitative estimate of drug-likeness (QED) is 0.675. The summed E-state index contributed by atoms with van der Waals surface area (Å²) in [6.07, 6.45) is 6.13. The third-order valence-electron chi connectivity index (χ3n) is 3.90. The predicted octanol–water partition coefficient (Wildman–Crippen LogP) is 2.05. The second-order valence-electron chi connectivity index (χ2n) is 5.24. The lowest BCUT2D eigenvalue weighted by Crippen LogP contribution is -2.46. The minimum atomic E-state index is -0.706. The smallest absolute Gasteiger partial charge is 0.317 e. The van der Waals surface area contributed by atoms with Crippen LogP contribution in [0, 0.1) is 0 Å². The van der Waals surface area contributed by atoms with E-state index < -0.39 is 5.97 Å². The molecule has 1 fully saturated rings. The molecule has 1 rings (SSSR count). The molecule has 18 heavy (non-hydrogen) atoms. The Kier molecular flexibility index (Phi) is 7.28. The lowest BCUT2D eigenvalue weighted by Gasteiger charge is -2.37. The minimum Gasteiger partial charge on any atom is -0.480 e. The van der Waals surface area contributed by atoms with E-state index in [0.717, 1.165) is 32.5 Å². The fourth-order valence-corrected chi connectivity index (χ4v) is 2.77. The van der Waals surface area contributed by atoms with Crippen molar-refractivity contribution < 1.29 is 9.90 Å². The van der Waals surface area contributed by atoms with E-state index in [1.54, 1.807) is 0 Å². The monoisotopic (exact) mass is 256 g/mol. The molecule has 4 heteroatoms. The van der Waals surface area contributed by atoms with Crippen LogP contribution < -0.4 is 0 Å². The first-order valence-corrected chi connectivity index (χ1v) is 7.35. The number of hydrogen-bond acceptors (Lipinski definition) is 3. The van der Waals surface area contributed by atoms with Crippen LogP contribution in [0.25, 0.3) is 0 Å². The van der Waals surface area contributed by atoms with Gasteiger partial charge in [-0.3, -0.25) is 9.69 Å². The Balaban J connectivity index is 2.26. The van der Waals surface area contributed by atoms with Crippen molar-refractivity contribution in [2.45, 2.75) is 52.0 Å². The van der Waals surface area contributed by atoms with Gasteiger partial charge < -0.3 is 10.0 Å². The maximum atomic E-state index is 10.8. The van der Waals surface area contributed by atoms with Gasteiger partial charge in [-0.1, -0.05) is 26.7 Å². The molecule has 0 aromatic heterocycles. The van der Waals surface area contributed by atoms with Crippen LogP contribution in [0.1, 0.15) is 46.0 Å². The van der Waals surface area contributed by atoms with E-state index in [-0.39, 0.29) is 6.54 Å². The third-order valence-corrected chi connectivity index (χ3v) is 3.90. The Morgan fingerprint density at radius 3 is 2.44 bits per heavy atom. The van der Waals surface area contributed by atoms with Crippen molar-refractivity contribution in [3.8, 4) is 0 Å². The second-order valence-corrected chi connectivity index (χ2v) is 5.24. The number of carbonyl (C=O) groups is 1. The molecule has 0 spiro atoms. The molecule has 0 unspecified atom stereocenters. The average molecular weight is 256 g/mol. The average Bonchev–Trinajstić information content (AvgIpc) is 2.37. The maximum Gasteiger partial charge on any atom is 0.317 e. The van der Waals surface area contributed by atoms with Crippen LogP contribution in [0.2, 0.25) is 0 Å². The zero-order chi connectivity index (χ0) is 13.4. The topological polar surface area (TPSA) is 43.8 Å².